The van der Waals surface area contributed by atoms with Crippen LogP contribution in [-0.2, 0) is 0 Å². The first kappa shape index (κ1) is 14.0. The second kappa shape index (κ2) is 8.08. The lowest BCUT2D eigenvalue weighted by Crippen LogP contribution is -2.27. The molecule has 0 radical (unpaired) electrons. The monoisotopic (exact) mass is 226 g/mol. The van der Waals surface area contributed by atoms with Gasteiger partial charge in [0.05, 0.1) is 0 Å². The lowest BCUT2D eigenvalue weighted by molar-refractivity contribution is 0.260. The molecule has 2 N–H and O–H groups in total. The van der Waals surface area contributed by atoms with Crippen LogP contribution in [0.4, 0.5) is 0 Å². The summed E-state index contributed by atoms with van der Waals surface area (Å²) < 4.78 is 0. The summed E-state index contributed by atoms with van der Waals surface area (Å²) in [6.07, 6.45) is 8.19. The van der Waals surface area contributed by atoms with Crippen molar-refractivity contribution in [2.45, 2.75) is 52.4 Å². The third-order valence-corrected chi connectivity index (χ3v) is 3.90. The summed E-state index contributed by atoms with van der Waals surface area (Å²) in [6, 6.07) is 0. The standard InChI is InChI=1S/C14H30N2/c1-3-13(9-10-15)6-5-11-16(4-2)12-14-7-8-14/h13-14H,3-12,15H2,1-2H3. The predicted molar refractivity (Wildman–Crippen MR) is 71.5 cm³/mol. The van der Waals surface area contributed by atoms with E-state index in [9.17, 15) is 0 Å². The molecule has 1 saturated carbocycles. The quantitative estimate of drug-likeness (QED) is 0.620. The third kappa shape index (κ3) is 5.86. The Labute approximate surface area is 102 Å². The van der Waals surface area contributed by atoms with Crippen LogP contribution in [0.5, 0.6) is 0 Å². The van der Waals surface area contributed by atoms with E-state index in [0.29, 0.717) is 0 Å². The molecule has 2 heteroatoms. The number of hydrogen-bond donors (Lipinski definition) is 1. The lowest BCUT2D eigenvalue weighted by Gasteiger charge is -2.21. The first-order valence-electron chi connectivity index (χ1n) is 7.22. The van der Waals surface area contributed by atoms with Gasteiger partial charge < -0.3 is 10.6 Å². The molecule has 16 heavy (non-hydrogen) atoms. The van der Waals surface area contributed by atoms with Gasteiger partial charge in [-0.1, -0.05) is 20.3 Å². The first-order chi connectivity index (χ1) is 7.80. The summed E-state index contributed by atoms with van der Waals surface area (Å²) in [6.45, 7) is 9.32. The van der Waals surface area contributed by atoms with Crippen LogP contribution in [0.3, 0.4) is 0 Å². The molecule has 0 amide bonds. The molecule has 1 aliphatic rings. The van der Waals surface area contributed by atoms with Crippen molar-refractivity contribution in [1.29, 1.82) is 0 Å². The van der Waals surface area contributed by atoms with Gasteiger partial charge >= 0.3 is 0 Å². The molecule has 1 aliphatic carbocycles. The van der Waals surface area contributed by atoms with Gasteiger partial charge in [0.1, 0.15) is 0 Å². The largest absolute Gasteiger partial charge is 0.330 e. The normalized spacial score (nSPS) is 18.0. The van der Waals surface area contributed by atoms with E-state index < -0.39 is 0 Å². The Morgan fingerprint density at radius 2 is 2.00 bits per heavy atom. The highest BCUT2D eigenvalue weighted by Gasteiger charge is 2.23. The van der Waals surface area contributed by atoms with Crippen molar-refractivity contribution in [3.63, 3.8) is 0 Å². The van der Waals surface area contributed by atoms with Crippen LogP contribution in [0.15, 0.2) is 0 Å². The summed E-state index contributed by atoms with van der Waals surface area (Å²) in [7, 11) is 0. The van der Waals surface area contributed by atoms with Crippen molar-refractivity contribution in [2.24, 2.45) is 17.6 Å². The zero-order chi connectivity index (χ0) is 11.8. The second-order valence-electron chi connectivity index (χ2n) is 5.33. The van der Waals surface area contributed by atoms with Crippen LogP contribution in [0.25, 0.3) is 0 Å². The fraction of sp³-hybridized carbons (Fsp3) is 1.00. The molecule has 1 unspecified atom stereocenters. The van der Waals surface area contributed by atoms with Crippen molar-refractivity contribution in [3.8, 4) is 0 Å². The molecule has 0 aliphatic heterocycles. The molecule has 0 spiro atoms. The van der Waals surface area contributed by atoms with E-state index in [1.54, 1.807) is 0 Å². The minimum atomic E-state index is 0.859. The van der Waals surface area contributed by atoms with Crippen molar-refractivity contribution < 1.29 is 0 Å². The smallest absolute Gasteiger partial charge is 0.000954 e. The van der Waals surface area contributed by atoms with E-state index in [-0.39, 0.29) is 0 Å². The lowest BCUT2D eigenvalue weighted by atomic mass is 9.96. The van der Waals surface area contributed by atoms with Crippen LogP contribution in [-0.4, -0.2) is 31.1 Å². The zero-order valence-corrected chi connectivity index (χ0v) is 11.3. The Hall–Kier alpha value is -0.0800. The van der Waals surface area contributed by atoms with E-state index in [0.717, 1.165) is 18.4 Å². The Kier molecular flexibility index (Phi) is 7.06. The Morgan fingerprint density at radius 1 is 1.25 bits per heavy atom. The average Bonchev–Trinajstić information content (AvgIpc) is 3.10. The SMILES string of the molecule is CCC(CCN)CCCN(CC)CC1CC1. The summed E-state index contributed by atoms with van der Waals surface area (Å²) in [5, 5.41) is 0. The highest BCUT2D eigenvalue weighted by atomic mass is 15.1. The molecule has 1 rings (SSSR count). The van der Waals surface area contributed by atoms with Gasteiger partial charge in [-0.3, -0.25) is 0 Å². The Balaban J connectivity index is 2.05. The molecule has 1 fully saturated rings. The minimum Gasteiger partial charge on any atom is -0.330 e. The van der Waals surface area contributed by atoms with E-state index in [1.807, 2.05) is 0 Å². The molecule has 0 aromatic carbocycles. The van der Waals surface area contributed by atoms with Gasteiger partial charge in [-0.05, 0) is 63.6 Å². The van der Waals surface area contributed by atoms with Crippen molar-refractivity contribution >= 4 is 0 Å². The Morgan fingerprint density at radius 3 is 2.50 bits per heavy atom. The molecule has 1 atom stereocenters. The van der Waals surface area contributed by atoms with Gasteiger partial charge in [0.25, 0.3) is 0 Å². The maximum absolute atomic E-state index is 5.63. The third-order valence-electron chi connectivity index (χ3n) is 3.90. The highest BCUT2D eigenvalue weighted by Crippen LogP contribution is 2.29. The fourth-order valence-electron chi connectivity index (χ4n) is 2.44. The van der Waals surface area contributed by atoms with E-state index >= 15 is 0 Å². The van der Waals surface area contributed by atoms with Crippen molar-refractivity contribution in [3.05, 3.63) is 0 Å². The molecule has 2 nitrogen and oxygen atoms in total. The van der Waals surface area contributed by atoms with E-state index in [4.69, 9.17) is 5.73 Å². The molecule has 0 saturated heterocycles. The summed E-state index contributed by atoms with van der Waals surface area (Å²) in [4.78, 5) is 2.63. The number of nitrogens with two attached hydrogens (primary N) is 1. The van der Waals surface area contributed by atoms with Gasteiger partial charge in [0, 0.05) is 6.54 Å². The van der Waals surface area contributed by atoms with Crippen LogP contribution in [0, 0.1) is 11.8 Å². The highest BCUT2D eigenvalue weighted by molar-refractivity contribution is 4.77. The molecule has 0 bridgehead atoms. The van der Waals surface area contributed by atoms with E-state index in [1.165, 1.54) is 58.2 Å². The van der Waals surface area contributed by atoms with Crippen LogP contribution < -0.4 is 5.73 Å². The zero-order valence-electron chi connectivity index (χ0n) is 11.3. The number of hydrogen-bond acceptors (Lipinski definition) is 2. The summed E-state index contributed by atoms with van der Waals surface area (Å²) in [5.41, 5.74) is 5.63. The van der Waals surface area contributed by atoms with Gasteiger partial charge in [0.15, 0.2) is 0 Å². The number of nitrogens with zero attached hydrogens (tertiary/aromatic N) is 1. The molecule has 96 valence electrons. The topological polar surface area (TPSA) is 29.3 Å². The van der Waals surface area contributed by atoms with Gasteiger partial charge in [-0.2, -0.15) is 0 Å². The van der Waals surface area contributed by atoms with Gasteiger partial charge in [0.2, 0.25) is 0 Å². The maximum Gasteiger partial charge on any atom is 0.000954 e. The van der Waals surface area contributed by atoms with Crippen molar-refractivity contribution in [1.82, 2.24) is 4.90 Å². The predicted octanol–water partition coefficient (Wildman–Crippen LogP) is 2.87. The summed E-state index contributed by atoms with van der Waals surface area (Å²) in [5.74, 6) is 1.90. The summed E-state index contributed by atoms with van der Waals surface area (Å²) >= 11 is 0. The van der Waals surface area contributed by atoms with Crippen LogP contribution in [0.2, 0.25) is 0 Å². The maximum atomic E-state index is 5.63. The molecule has 0 aromatic rings. The first-order valence-corrected chi connectivity index (χ1v) is 7.22. The Bertz CT molecular complexity index is 166. The minimum absolute atomic E-state index is 0.859. The number of rotatable bonds is 10. The molecular formula is C14H30N2. The van der Waals surface area contributed by atoms with Gasteiger partial charge in [-0.25, -0.2) is 0 Å². The fourth-order valence-corrected chi connectivity index (χ4v) is 2.44. The molecular weight excluding hydrogens is 196 g/mol. The second-order valence-corrected chi connectivity index (χ2v) is 5.33. The van der Waals surface area contributed by atoms with Gasteiger partial charge in [-0.15, -0.1) is 0 Å². The van der Waals surface area contributed by atoms with Crippen molar-refractivity contribution in [2.75, 3.05) is 26.2 Å². The van der Waals surface area contributed by atoms with Crippen LogP contribution >= 0.6 is 0 Å². The average molecular weight is 226 g/mol. The van der Waals surface area contributed by atoms with E-state index in [2.05, 4.69) is 18.7 Å². The molecule has 0 aromatic heterocycles. The van der Waals surface area contributed by atoms with Crippen LogP contribution in [0.1, 0.15) is 52.4 Å². The molecule has 0 heterocycles.